The molecule has 1 aromatic carbocycles. The van der Waals surface area contributed by atoms with E-state index in [0.29, 0.717) is 5.52 Å². The lowest BCUT2D eigenvalue weighted by molar-refractivity contribution is 0.556. The van der Waals surface area contributed by atoms with Gasteiger partial charge >= 0.3 is 0 Å². The van der Waals surface area contributed by atoms with E-state index >= 15 is 0 Å². The number of halogens is 2. The summed E-state index contributed by atoms with van der Waals surface area (Å²) in [7, 11) is 1.25. The Bertz CT molecular complexity index is 593. The number of aromatic nitrogens is 2. The highest BCUT2D eigenvalue weighted by atomic mass is 35.7. The summed E-state index contributed by atoms with van der Waals surface area (Å²) in [6.45, 7) is 0. The molecule has 1 aromatic heterocycles. The smallest absolute Gasteiger partial charge is 0.287 e. The molecule has 2 rings (SSSR count). The Morgan fingerprint density at radius 1 is 1.43 bits per heavy atom. The van der Waals surface area contributed by atoms with Crippen LogP contribution >= 0.6 is 10.7 Å². The van der Waals surface area contributed by atoms with Gasteiger partial charge in [-0.25, -0.2) is 13.4 Å². The van der Waals surface area contributed by atoms with Gasteiger partial charge in [0.1, 0.15) is 10.4 Å². The third-order valence-corrected chi connectivity index (χ3v) is 3.06. The number of H-pyrrole nitrogens is 1. The minimum atomic E-state index is -3.89. The highest BCUT2D eigenvalue weighted by Crippen LogP contribution is 2.23. The zero-order chi connectivity index (χ0) is 10.3. The van der Waals surface area contributed by atoms with Gasteiger partial charge in [0.05, 0.1) is 5.52 Å². The fraction of sp³-hybridized carbons (Fsp3) is 0. The van der Waals surface area contributed by atoms with Crippen molar-refractivity contribution in [2.45, 2.75) is 4.90 Å². The first-order chi connectivity index (χ1) is 6.48. The summed E-state index contributed by atoms with van der Waals surface area (Å²) in [5, 5.41) is 0. The van der Waals surface area contributed by atoms with E-state index in [9.17, 15) is 12.8 Å². The van der Waals surface area contributed by atoms with Gasteiger partial charge in [-0.1, -0.05) is 6.07 Å². The van der Waals surface area contributed by atoms with Crippen LogP contribution in [0.2, 0.25) is 0 Å². The molecule has 0 aliphatic heterocycles. The van der Waals surface area contributed by atoms with Crippen LogP contribution in [0.3, 0.4) is 0 Å². The number of imidazole rings is 1. The number of para-hydroxylation sites is 1. The topological polar surface area (TPSA) is 62.8 Å². The van der Waals surface area contributed by atoms with Crippen LogP contribution < -0.4 is 0 Å². The molecule has 0 saturated heterocycles. The first-order valence-electron chi connectivity index (χ1n) is 3.57. The largest absolute Gasteiger partial charge is 0.314 e. The van der Waals surface area contributed by atoms with Gasteiger partial charge in [0.25, 0.3) is 15.1 Å². The van der Waals surface area contributed by atoms with Crippen LogP contribution in [-0.4, -0.2) is 18.4 Å². The summed E-state index contributed by atoms with van der Waals surface area (Å²) in [5.74, 6) is 0. The Morgan fingerprint density at radius 2 is 2.14 bits per heavy atom. The second-order valence-electron chi connectivity index (χ2n) is 2.62. The van der Waals surface area contributed by atoms with Crippen LogP contribution in [0.5, 0.6) is 0 Å². The summed E-state index contributed by atoms with van der Waals surface area (Å²) in [5.41, 5.74) is 0.309. The predicted octanol–water partition coefficient (Wildman–Crippen LogP) is 1.63. The van der Waals surface area contributed by atoms with Crippen molar-refractivity contribution in [1.82, 2.24) is 9.97 Å². The van der Waals surface area contributed by atoms with Crippen molar-refractivity contribution in [2.24, 2.45) is 0 Å². The lowest BCUT2D eigenvalue weighted by atomic mass is 10.3. The van der Waals surface area contributed by atoms with Gasteiger partial charge in [0.15, 0.2) is 0 Å². The molecule has 0 aliphatic rings. The maximum absolute atomic E-state index is 12.7. The second kappa shape index (κ2) is 2.93. The van der Waals surface area contributed by atoms with Crippen LogP contribution in [-0.2, 0) is 9.05 Å². The first kappa shape index (κ1) is 9.42. The third kappa shape index (κ3) is 1.46. The molecule has 0 radical (unpaired) electrons. The number of nitrogens with one attached hydrogen (secondary N) is 1. The fourth-order valence-corrected chi connectivity index (χ4v) is 2.17. The molecule has 0 fully saturated rings. The molecule has 74 valence electrons. The number of benzene rings is 1. The maximum Gasteiger partial charge on any atom is 0.287 e. The van der Waals surface area contributed by atoms with E-state index in [0.717, 1.165) is 0 Å². The lowest BCUT2D eigenvalue weighted by Gasteiger charge is -1.95. The molecular weight excluding hydrogens is 231 g/mol. The van der Waals surface area contributed by atoms with E-state index in [4.69, 9.17) is 10.7 Å². The van der Waals surface area contributed by atoms with Gasteiger partial charge in [-0.2, -0.15) is 4.39 Å². The standard InChI is InChI=1S/C7H4ClFN2O2S/c8-14(12,13)5-3-1-2-4-6(5)11-7(9)10-4/h1-3H,(H,10,11). The molecule has 0 unspecified atom stereocenters. The van der Waals surface area contributed by atoms with E-state index in [1.54, 1.807) is 0 Å². The molecule has 4 nitrogen and oxygen atoms in total. The number of aromatic amines is 1. The van der Waals surface area contributed by atoms with Gasteiger partial charge < -0.3 is 4.98 Å². The van der Waals surface area contributed by atoms with E-state index in [-0.39, 0.29) is 10.4 Å². The summed E-state index contributed by atoms with van der Waals surface area (Å²) < 4.78 is 34.8. The van der Waals surface area contributed by atoms with Gasteiger partial charge in [0.2, 0.25) is 0 Å². The molecule has 7 heteroatoms. The van der Waals surface area contributed by atoms with Crippen LogP contribution in [0.1, 0.15) is 0 Å². The minimum absolute atomic E-state index is 0.0139. The van der Waals surface area contributed by atoms with Crippen molar-refractivity contribution in [3.8, 4) is 0 Å². The van der Waals surface area contributed by atoms with Crippen molar-refractivity contribution in [3.05, 3.63) is 24.3 Å². The third-order valence-electron chi connectivity index (χ3n) is 1.71. The maximum atomic E-state index is 12.7. The monoisotopic (exact) mass is 234 g/mol. The number of rotatable bonds is 1. The average molecular weight is 235 g/mol. The van der Waals surface area contributed by atoms with Gasteiger partial charge in [-0.05, 0) is 12.1 Å². The average Bonchev–Trinajstić information content (AvgIpc) is 2.41. The molecular formula is C7H4ClFN2O2S. The minimum Gasteiger partial charge on any atom is -0.314 e. The lowest BCUT2D eigenvalue weighted by Crippen LogP contribution is -1.91. The van der Waals surface area contributed by atoms with E-state index < -0.39 is 15.1 Å². The Kier molecular flexibility index (Phi) is 1.97. The van der Waals surface area contributed by atoms with E-state index in [1.807, 2.05) is 0 Å². The molecule has 0 bridgehead atoms. The molecule has 0 saturated carbocycles. The second-order valence-corrected chi connectivity index (χ2v) is 5.15. The molecule has 14 heavy (non-hydrogen) atoms. The Balaban J connectivity index is 2.90. The van der Waals surface area contributed by atoms with Gasteiger partial charge in [-0.15, -0.1) is 0 Å². The summed E-state index contributed by atoms with van der Waals surface area (Å²) in [4.78, 5) is 5.47. The molecule has 1 N–H and O–H groups in total. The first-order valence-corrected chi connectivity index (χ1v) is 5.88. The quantitative estimate of drug-likeness (QED) is 0.763. The molecule has 2 aromatic rings. The number of hydrogen-bond acceptors (Lipinski definition) is 3. The highest BCUT2D eigenvalue weighted by Gasteiger charge is 2.16. The summed E-state index contributed by atoms with van der Waals surface area (Å²) in [6, 6.07) is 4.23. The normalized spacial score (nSPS) is 12.1. The van der Waals surface area contributed by atoms with Crippen LogP contribution in [0, 0.1) is 6.08 Å². The van der Waals surface area contributed by atoms with Gasteiger partial charge in [-0.3, -0.25) is 0 Å². The molecule has 0 amide bonds. The van der Waals surface area contributed by atoms with E-state index in [1.165, 1.54) is 18.2 Å². The van der Waals surface area contributed by atoms with Crippen molar-refractivity contribution in [3.63, 3.8) is 0 Å². The predicted molar refractivity (Wildman–Crippen MR) is 49.1 cm³/mol. The number of nitrogens with zero attached hydrogens (tertiary/aromatic N) is 1. The van der Waals surface area contributed by atoms with Crippen molar-refractivity contribution >= 4 is 30.8 Å². The number of fused-ring (bicyclic) bond motifs is 1. The molecule has 1 heterocycles. The van der Waals surface area contributed by atoms with Gasteiger partial charge in [0, 0.05) is 10.7 Å². The molecule has 0 aliphatic carbocycles. The zero-order valence-corrected chi connectivity index (χ0v) is 8.23. The Morgan fingerprint density at radius 3 is 2.79 bits per heavy atom. The summed E-state index contributed by atoms with van der Waals surface area (Å²) >= 11 is 0. The zero-order valence-electron chi connectivity index (χ0n) is 6.66. The fourth-order valence-electron chi connectivity index (χ4n) is 1.17. The van der Waals surface area contributed by atoms with Crippen LogP contribution in [0.15, 0.2) is 23.1 Å². The van der Waals surface area contributed by atoms with Crippen molar-refractivity contribution < 1.29 is 12.8 Å². The number of hydrogen-bond donors (Lipinski definition) is 1. The SMILES string of the molecule is O=S(=O)(Cl)c1cccc2[nH]c(F)nc12. The Labute approximate surface area is 83.1 Å². The van der Waals surface area contributed by atoms with Crippen molar-refractivity contribution in [1.29, 1.82) is 0 Å². The Hall–Kier alpha value is -1.14. The summed E-state index contributed by atoms with van der Waals surface area (Å²) in [6.07, 6.45) is -0.840. The van der Waals surface area contributed by atoms with Crippen LogP contribution in [0.25, 0.3) is 11.0 Å². The highest BCUT2D eigenvalue weighted by molar-refractivity contribution is 8.14. The van der Waals surface area contributed by atoms with E-state index in [2.05, 4.69) is 9.97 Å². The molecule has 0 atom stereocenters. The molecule has 0 spiro atoms. The van der Waals surface area contributed by atoms with Crippen LogP contribution in [0.4, 0.5) is 4.39 Å². The van der Waals surface area contributed by atoms with Crippen molar-refractivity contribution in [2.75, 3.05) is 0 Å².